The predicted octanol–water partition coefficient (Wildman–Crippen LogP) is 2.47. The Bertz CT molecular complexity index is 598. The Morgan fingerprint density at radius 2 is 1.89 bits per heavy atom. The summed E-state index contributed by atoms with van der Waals surface area (Å²) in [6, 6.07) is 9.86. The van der Waals surface area contributed by atoms with Crippen molar-refractivity contribution in [3.8, 4) is 0 Å². The third-order valence-corrected chi connectivity index (χ3v) is 4.35. The lowest BCUT2D eigenvalue weighted by Gasteiger charge is -2.15. The smallest absolute Gasteiger partial charge is 0.263 e. The molecule has 2 amide bonds. The largest absolute Gasteiger partial charge is 0.368 e. The van der Waals surface area contributed by atoms with Crippen molar-refractivity contribution >= 4 is 39.1 Å². The zero-order valence-electron chi connectivity index (χ0n) is 9.80. The molecular formula is C13H11BrN2O2S. The molecule has 1 aromatic carbocycles. The third kappa shape index (κ3) is 3.21. The van der Waals surface area contributed by atoms with Gasteiger partial charge < -0.3 is 11.1 Å². The van der Waals surface area contributed by atoms with Crippen molar-refractivity contribution in [3.05, 3.63) is 56.7 Å². The molecule has 4 nitrogen and oxygen atoms in total. The minimum absolute atomic E-state index is 0.325. The van der Waals surface area contributed by atoms with Gasteiger partial charge in [-0.25, -0.2) is 0 Å². The molecule has 0 radical (unpaired) electrons. The molecule has 0 aliphatic carbocycles. The van der Waals surface area contributed by atoms with Crippen LogP contribution in [0.25, 0.3) is 0 Å². The summed E-state index contributed by atoms with van der Waals surface area (Å²) in [6.45, 7) is 0. The van der Waals surface area contributed by atoms with Crippen LogP contribution in [0, 0.1) is 0 Å². The molecular weight excluding hydrogens is 328 g/mol. The Morgan fingerprint density at radius 1 is 1.21 bits per heavy atom. The molecule has 0 fully saturated rings. The molecule has 2 aromatic rings. The molecule has 1 heterocycles. The van der Waals surface area contributed by atoms with Gasteiger partial charge in [0.25, 0.3) is 5.91 Å². The van der Waals surface area contributed by atoms with Gasteiger partial charge in [-0.2, -0.15) is 0 Å². The first-order valence-electron chi connectivity index (χ1n) is 5.47. The van der Waals surface area contributed by atoms with Gasteiger partial charge in [0.1, 0.15) is 10.9 Å². The second-order valence-corrected chi connectivity index (χ2v) is 5.59. The van der Waals surface area contributed by atoms with Crippen LogP contribution in [0.1, 0.15) is 21.3 Å². The predicted molar refractivity (Wildman–Crippen MR) is 77.9 cm³/mol. The van der Waals surface area contributed by atoms with E-state index in [0.29, 0.717) is 14.9 Å². The lowest BCUT2D eigenvalue weighted by atomic mass is 10.1. The van der Waals surface area contributed by atoms with Gasteiger partial charge in [0.2, 0.25) is 5.91 Å². The number of benzene rings is 1. The fourth-order valence-electron chi connectivity index (χ4n) is 1.62. The van der Waals surface area contributed by atoms with Gasteiger partial charge in [-0.1, -0.05) is 30.3 Å². The van der Waals surface area contributed by atoms with Crippen molar-refractivity contribution in [1.29, 1.82) is 0 Å². The SMILES string of the molecule is NC(=O)[C@@H](NC(=O)c1sccc1Br)c1ccccc1. The van der Waals surface area contributed by atoms with E-state index >= 15 is 0 Å². The van der Waals surface area contributed by atoms with Crippen molar-refractivity contribution in [2.45, 2.75) is 6.04 Å². The highest BCUT2D eigenvalue weighted by molar-refractivity contribution is 9.10. The van der Waals surface area contributed by atoms with Crippen LogP contribution < -0.4 is 11.1 Å². The highest BCUT2D eigenvalue weighted by atomic mass is 79.9. The summed E-state index contributed by atoms with van der Waals surface area (Å²) < 4.78 is 0.700. The van der Waals surface area contributed by atoms with Gasteiger partial charge in [0, 0.05) is 4.47 Å². The van der Waals surface area contributed by atoms with Crippen LogP contribution in [0.5, 0.6) is 0 Å². The van der Waals surface area contributed by atoms with E-state index in [0.717, 1.165) is 0 Å². The topological polar surface area (TPSA) is 72.2 Å². The molecule has 0 aliphatic rings. The number of carbonyl (C=O) groups excluding carboxylic acids is 2. The number of thiophene rings is 1. The van der Waals surface area contributed by atoms with E-state index in [1.165, 1.54) is 11.3 Å². The van der Waals surface area contributed by atoms with E-state index in [2.05, 4.69) is 21.2 Å². The maximum absolute atomic E-state index is 12.1. The summed E-state index contributed by atoms with van der Waals surface area (Å²) in [5.74, 6) is -0.915. The summed E-state index contributed by atoms with van der Waals surface area (Å²) in [7, 11) is 0. The molecule has 1 atom stereocenters. The molecule has 0 unspecified atom stereocenters. The van der Waals surface area contributed by atoms with Crippen LogP contribution in [-0.2, 0) is 4.79 Å². The Labute approximate surface area is 122 Å². The normalized spacial score (nSPS) is 11.8. The number of nitrogens with two attached hydrogens (primary N) is 1. The Hall–Kier alpha value is -1.66. The van der Waals surface area contributed by atoms with Crippen LogP contribution in [0.2, 0.25) is 0 Å². The number of amides is 2. The van der Waals surface area contributed by atoms with Gasteiger partial charge in [-0.15, -0.1) is 11.3 Å². The maximum atomic E-state index is 12.1. The third-order valence-electron chi connectivity index (χ3n) is 2.52. The van der Waals surface area contributed by atoms with Crippen LogP contribution in [0.15, 0.2) is 46.3 Å². The lowest BCUT2D eigenvalue weighted by molar-refractivity contribution is -0.120. The second-order valence-electron chi connectivity index (χ2n) is 3.82. The summed E-state index contributed by atoms with van der Waals surface area (Å²) in [5.41, 5.74) is 6.01. The number of hydrogen-bond acceptors (Lipinski definition) is 3. The molecule has 3 N–H and O–H groups in total. The van der Waals surface area contributed by atoms with Crippen molar-refractivity contribution in [3.63, 3.8) is 0 Å². The quantitative estimate of drug-likeness (QED) is 0.898. The molecule has 1 aromatic heterocycles. The molecule has 6 heteroatoms. The van der Waals surface area contributed by atoms with Gasteiger partial charge >= 0.3 is 0 Å². The molecule has 0 aliphatic heterocycles. The highest BCUT2D eigenvalue weighted by Gasteiger charge is 2.22. The zero-order chi connectivity index (χ0) is 13.8. The van der Waals surface area contributed by atoms with E-state index in [4.69, 9.17) is 5.73 Å². The fourth-order valence-corrected chi connectivity index (χ4v) is 3.07. The minimum Gasteiger partial charge on any atom is -0.368 e. The first kappa shape index (κ1) is 13.8. The Morgan fingerprint density at radius 3 is 2.42 bits per heavy atom. The van der Waals surface area contributed by atoms with Gasteiger partial charge in [0.05, 0.1) is 0 Å². The van der Waals surface area contributed by atoms with Crippen molar-refractivity contribution in [2.75, 3.05) is 0 Å². The van der Waals surface area contributed by atoms with Crippen LogP contribution in [-0.4, -0.2) is 11.8 Å². The van der Waals surface area contributed by atoms with Crippen LogP contribution in [0.4, 0.5) is 0 Å². The van der Waals surface area contributed by atoms with Crippen LogP contribution >= 0.6 is 27.3 Å². The Balaban J connectivity index is 2.21. The van der Waals surface area contributed by atoms with Gasteiger partial charge in [0.15, 0.2) is 0 Å². The molecule has 0 bridgehead atoms. The molecule has 2 rings (SSSR count). The number of rotatable bonds is 4. The molecule has 0 spiro atoms. The average Bonchev–Trinajstić information content (AvgIpc) is 2.82. The number of carbonyl (C=O) groups is 2. The number of hydrogen-bond donors (Lipinski definition) is 2. The van der Waals surface area contributed by atoms with E-state index in [1.807, 2.05) is 6.07 Å². The molecule has 98 valence electrons. The summed E-state index contributed by atoms with van der Waals surface area (Å²) in [6.07, 6.45) is 0. The van der Waals surface area contributed by atoms with Crippen molar-refractivity contribution in [1.82, 2.24) is 5.32 Å². The van der Waals surface area contributed by atoms with Gasteiger partial charge in [-0.3, -0.25) is 9.59 Å². The summed E-state index contributed by atoms with van der Waals surface area (Å²) >= 11 is 4.58. The molecule has 0 saturated heterocycles. The van der Waals surface area contributed by atoms with Crippen LogP contribution in [0.3, 0.4) is 0 Å². The van der Waals surface area contributed by atoms with E-state index in [9.17, 15) is 9.59 Å². The van der Waals surface area contributed by atoms with Crippen molar-refractivity contribution in [2.24, 2.45) is 5.73 Å². The second kappa shape index (κ2) is 5.99. The minimum atomic E-state index is -0.831. The summed E-state index contributed by atoms with van der Waals surface area (Å²) in [4.78, 5) is 24.1. The van der Waals surface area contributed by atoms with E-state index < -0.39 is 11.9 Å². The van der Waals surface area contributed by atoms with Crippen molar-refractivity contribution < 1.29 is 9.59 Å². The number of primary amides is 1. The lowest BCUT2D eigenvalue weighted by Crippen LogP contribution is -2.37. The standard InChI is InChI=1S/C13H11BrN2O2S/c14-9-6-7-19-11(9)13(18)16-10(12(15)17)8-4-2-1-3-5-8/h1-7,10H,(H2,15,17)(H,16,18)/t10-/m0/s1. The molecule has 0 saturated carbocycles. The number of nitrogens with one attached hydrogen (secondary N) is 1. The first-order chi connectivity index (χ1) is 9.09. The molecule has 19 heavy (non-hydrogen) atoms. The van der Waals surface area contributed by atoms with E-state index in [1.54, 1.807) is 35.7 Å². The summed E-state index contributed by atoms with van der Waals surface area (Å²) in [5, 5.41) is 4.44. The first-order valence-corrected chi connectivity index (χ1v) is 7.15. The van der Waals surface area contributed by atoms with Gasteiger partial charge in [-0.05, 0) is 32.9 Å². The average molecular weight is 339 g/mol. The highest BCUT2D eigenvalue weighted by Crippen LogP contribution is 2.23. The maximum Gasteiger partial charge on any atom is 0.263 e. The van der Waals surface area contributed by atoms with E-state index in [-0.39, 0.29) is 5.91 Å². The number of halogens is 1. The monoisotopic (exact) mass is 338 g/mol. The fraction of sp³-hybridized carbons (Fsp3) is 0.0769. The Kier molecular flexibility index (Phi) is 4.34. The zero-order valence-corrected chi connectivity index (χ0v) is 12.2.